The third kappa shape index (κ3) is 4.96. The highest BCUT2D eigenvalue weighted by Gasteiger charge is 2.23. The Morgan fingerprint density at radius 2 is 1.67 bits per heavy atom. The van der Waals surface area contributed by atoms with Crippen molar-refractivity contribution >= 4 is 5.91 Å². The Labute approximate surface area is 161 Å². The van der Waals surface area contributed by atoms with Gasteiger partial charge in [0.25, 0.3) is 5.91 Å². The maximum atomic E-state index is 12.8. The van der Waals surface area contributed by atoms with E-state index in [1.807, 2.05) is 53.4 Å². The topological polar surface area (TPSA) is 53.3 Å². The van der Waals surface area contributed by atoms with E-state index in [0.29, 0.717) is 11.5 Å². The number of ether oxygens (including phenoxy) is 1. The number of nitriles is 1. The van der Waals surface area contributed by atoms with E-state index in [9.17, 15) is 4.79 Å². The first kappa shape index (κ1) is 19.1. The highest BCUT2D eigenvalue weighted by molar-refractivity contribution is 5.94. The van der Waals surface area contributed by atoms with Crippen LogP contribution in [0.15, 0.2) is 48.5 Å². The van der Waals surface area contributed by atoms with Gasteiger partial charge in [-0.05, 0) is 67.0 Å². The van der Waals surface area contributed by atoms with Gasteiger partial charge in [0.2, 0.25) is 0 Å². The van der Waals surface area contributed by atoms with Crippen LogP contribution < -0.4 is 0 Å². The normalized spacial score (nSPS) is 14.7. The molecule has 0 bridgehead atoms. The lowest BCUT2D eigenvalue weighted by Gasteiger charge is -2.32. The fraction of sp³-hybridized carbons (Fsp3) is 0.391. The summed E-state index contributed by atoms with van der Waals surface area (Å²) in [5.74, 6) is 0.833. The number of hydrogen-bond acceptors (Lipinski definition) is 3. The largest absolute Gasteiger partial charge is 0.385 e. The number of rotatable bonds is 6. The lowest BCUT2D eigenvalue weighted by atomic mass is 9.92. The molecule has 1 saturated heterocycles. The lowest BCUT2D eigenvalue weighted by molar-refractivity contribution is 0.0681. The molecule has 1 heterocycles. The molecule has 1 aliphatic rings. The quantitative estimate of drug-likeness (QED) is 0.711. The summed E-state index contributed by atoms with van der Waals surface area (Å²) < 4.78 is 5.12. The van der Waals surface area contributed by atoms with Gasteiger partial charge in [0.05, 0.1) is 11.6 Å². The van der Waals surface area contributed by atoms with Crippen molar-refractivity contribution in [2.75, 3.05) is 26.8 Å². The summed E-state index contributed by atoms with van der Waals surface area (Å²) >= 11 is 0. The van der Waals surface area contributed by atoms with Crippen molar-refractivity contribution in [1.82, 2.24) is 4.90 Å². The predicted octanol–water partition coefficient (Wildman–Crippen LogP) is 4.50. The summed E-state index contributed by atoms with van der Waals surface area (Å²) in [6.45, 7) is 2.51. The molecule has 0 saturated carbocycles. The van der Waals surface area contributed by atoms with Gasteiger partial charge in [-0.15, -0.1) is 0 Å². The average Bonchev–Trinajstić information content (AvgIpc) is 2.74. The van der Waals surface area contributed by atoms with Crippen molar-refractivity contribution in [2.45, 2.75) is 25.7 Å². The van der Waals surface area contributed by atoms with Gasteiger partial charge in [-0.2, -0.15) is 5.26 Å². The SMILES string of the molecule is COCCCC1CCN(C(=O)c2ccc(-c3ccc(C#N)cc3)cc2)CC1. The second-order valence-corrected chi connectivity index (χ2v) is 7.14. The van der Waals surface area contributed by atoms with Gasteiger partial charge in [0.1, 0.15) is 0 Å². The van der Waals surface area contributed by atoms with Crippen molar-refractivity contribution in [3.05, 3.63) is 59.7 Å². The molecule has 0 unspecified atom stereocenters. The molecule has 0 spiro atoms. The minimum Gasteiger partial charge on any atom is -0.385 e. The summed E-state index contributed by atoms with van der Waals surface area (Å²) in [5, 5.41) is 8.89. The fourth-order valence-corrected chi connectivity index (χ4v) is 3.67. The zero-order valence-corrected chi connectivity index (χ0v) is 15.9. The van der Waals surface area contributed by atoms with E-state index in [-0.39, 0.29) is 5.91 Å². The van der Waals surface area contributed by atoms with E-state index in [4.69, 9.17) is 10.00 Å². The minimum absolute atomic E-state index is 0.122. The van der Waals surface area contributed by atoms with Gasteiger partial charge in [-0.25, -0.2) is 0 Å². The van der Waals surface area contributed by atoms with Crippen LogP contribution in [-0.2, 0) is 4.74 Å². The Morgan fingerprint density at radius 3 is 2.22 bits per heavy atom. The van der Waals surface area contributed by atoms with Crippen LogP contribution in [0.5, 0.6) is 0 Å². The van der Waals surface area contributed by atoms with Gasteiger partial charge in [0, 0.05) is 32.4 Å². The number of likely N-dealkylation sites (tertiary alicyclic amines) is 1. The van der Waals surface area contributed by atoms with Crippen LogP contribution in [0.25, 0.3) is 11.1 Å². The molecule has 2 aromatic carbocycles. The van der Waals surface area contributed by atoms with Gasteiger partial charge < -0.3 is 9.64 Å². The van der Waals surface area contributed by atoms with E-state index in [1.165, 1.54) is 6.42 Å². The molecule has 1 aliphatic heterocycles. The summed E-state index contributed by atoms with van der Waals surface area (Å²) in [4.78, 5) is 14.7. The van der Waals surface area contributed by atoms with Crippen molar-refractivity contribution in [2.24, 2.45) is 5.92 Å². The number of nitrogens with zero attached hydrogens (tertiary/aromatic N) is 2. The Bertz CT molecular complexity index is 783. The molecule has 4 nitrogen and oxygen atoms in total. The van der Waals surface area contributed by atoms with Gasteiger partial charge in [-0.3, -0.25) is 4.79 Å². The number of benzene rings is 2. The van der Waals surface area contributed by atoms with Crippen LogP contribution >= 0.6 is 0 Å². The molecule has 140 valence electrons. The van der Waals surface area contributed by atoms with Crippen molar-refractivity contribution in [3.8, 4) is 17.2 Å². The van der Waals surface area contributed by atoms with Crippen molar-refractivity contribution in [1.29, 1.82) is 5.26 Å². The van der Waals surface area contributed by atoms with Crippen LogP contribution in [-0.4, -0.2) is 37.6 Å². The zero-order chi connectivity index (χ0) is 19.1. The molecule has 3 rings (SSSR count). The van der Waals surface area contributed by atoms with Crippen LogP contribution in [0.2, 0.25) is 0 Å². The number of hydrogen-bond donors (Lipinski definition) is 0. The predicted molar refractivity (Wildman–Crippen MR) is 106 cm³/mol. The smallest absolute Gasteiger partial charge is 0.253 e. The monoisotopic (exact) mass is 362 g/mol. The molecule has 0 atom stereocenters. The summed E-state index contributed by atoms with van der Waals surface area (Å²) in [7, 11) is 1.74. The Morgan fingerprint density at radius 1 is 1.07 bits per heavy atom. The first-order valence-electron chi connectivity index (χ1n) is 9.60. The second-order valence-electron chi connectivity index (χ2n) is 7.14. The molecular formula is C23H26N2O2. The third-order valence-electron chi connectivity index (χ3n) is 5.34. The van der Waals surface area contributed by atoms with Gasteiger partial charge in [0.15, 0.2) is 0 Å². The first-order valence-corrected chi connectivity index (χ1v) is 9.60. The molecule has 1 amide bonds. The number of carbonyl (C=O) groups excluding carboxylic acids is 1. The summed E-state index contributed by atoms with van der Waals surface area (Å²) in [5.41, 5.74) is 3.49. The lowest BCUT2D eigenvalue weighted by Crippen LogP contribution is -2.38. The minimum atomic E-state index is 0.122. The molecule has 2 aromatic rings. The van der Waals surface area contributed by atoms with Crippen LogP contribution in [0.4, 0.5) is 0 Å². The Hall–Kier alpha value is -2.64. The average molecular weight is 362 g/mol. The molecule has 0 radical (unpaired) electrons. The first-order chi connectivity index (χ1) is 13.2. The van der Waals surface area contributed by atoms with E-state index >= 15 is 0 Å². The van der Waals surface area contributed by atoms with Crippen LogP contribution in [0.3, 0.4) is 0 Å². The third-order valence-corrected chi connectivity index (χ3v) is 5.34. The summed E-state index contributed by atoms with van der Waals surface area (Å²) in [6.07, 6.45) is 4.46. The molecule has 4 heteroatoms. The standard InChI is InChI=1S/C23H26N2O2/c1-27-16-2-3-18-12-14-25(15-13-18)23(26)22-10-8-21(9-11-22)20-6-4-19(17-24)5-7-20/h4-11,18H,2-3,12-16H2,1H3. The molecule has 1 fully saturated rings. The maximum Gasteiger partial charge on any atom is 0.253 e. The fourth-order valence-electron chi connectivity index (χ4n) is 3.67. The number of carbonyl (C=O) groups is 1. The van der Waals surface area contributed by atoms with E-state index in [1.54, 1.807) is 7.11 Å². The van der Waals surface area contributed by atoms with Crippen molar-refractivity contribution < 1.29 is 9.53 Å². The van der Waals surface area contributed by atoms with E-state index in [2.05, 4.69) is 6.07 Å². The molecule has 27 heavy (non-hydrogen) atoms. The Kier molecular flexibility index (Phi) is 6.62. The second kappa shape index (κ2) is 9.34. The maximum absolute atomic E-state index is 12.8. The highest BCUT2D eigenvalue weighted by atomic mass is 16.5. The number of piperidine rings is 1. The molecule has 0 aliphatic carbocycles. The number of amides is 1. The van der Waals surface area contributed by atoms with Crippen LogP contribution in [0.1, 0.15) is 41.6 Å². The Balaban J connectivity index is 1.57. The number of methoxy groups -OCH3 is 1. The zero-order valence-electron chi connectivity index (χ0n) is 15.9. The summed E-state index contributed by atoms with van der Waals surface area (Å²) in [6, 6.07) is 17.4. The molecular weight excluding hydrogens is 336 g/mol. The highest BCUT2D eigenvalue weighted by Crippen LogP contribution is 2.24. The van der Waals surface area contributed by atoms with Crippen LogP contribution in [0, 0.1) is 17.2 Å². The van der Waals surface area contributed by atoms with E-state index in [0.717, 1.165) is 55.6 Å². The molecule has 0 aromatic heterocycles. The van der Waals surface area contributed by atoms with Gasteiger partial charge in [-0.1, -0.05) is 24.3 Å². The van der Waals surface area contributed by atoms with Crippen molar-refractivity contribution in [3.63, 3.8) is 0 Å². The van der Waals surface area contributed by atoms with Gasteiger partial charge >= 0.3 is 0 Å². The molecule has 0 N–H and O–H groups in total. The van der Waals surface area contributed by atoms with E-state index < -0.39 is 0 Å².